The van der Waals surface area contributed by atoms with Crippen LogP contribution in [-0.2, 0) is 21.2 Å². The Morgan fingerprint density at radius 1 is 0.970 bits per heavy atom. The third kappa shape index (κ3) is 6.36. The normalized spacial score (nSPS) is 12.2. The number of nitrogens with zero attached hydrogens (tertiary/aromatic N) is 1. The highest BCUT2D eigenvalue weighted by molar-refractivity contribution is 7.92. The lowest BCUT2D eigenvalue weighted by molar-refractivity contribution is -0.120. The van der Waals surface area contributed by atoms with Crippen LogP contribution < -0.4 is 9.62 Å². The summed E-state index contributed by atoms with van der Waals surface area (Å²) in [6.45, 7) is 5.21. The van der Waals surface area contributed by atoms with E-state index in [1.165, 1.54) is 5.56 Å². The highest BCUT2D eigenvalue weighted by atomic mass is 35.5. The highest BCUT2D eigenvalue weighted by Gasteiger charge is 2.29. The molecule has 0 aromatic heterocycles. The molecular weight excluding hydrogens is 456 g/mol. The third-order valence-corrected chi connectivity index (χ3v) is 7.70. The first-order valence-corrected chi connectivity index (χ1v) is 12.7. The van der Waals surface area contributed by atoms with Crippen molar-refractivity contribution in [3.05, 3.63) is 94.5 Å². The maximum atomic E-state index is 13.5. The van der Waals surface area contributed by atoms with Gasteiger partial charge >= 0.3 is 0 Å². The van der Waals surface area contributed by atoms with Gasteiger partial charge in [0.15, 0.2) is 0 Å². The molecule has 3 aromatic rings. The fraction of sp³-hybridized carbons (Fsp3) is 0.269. The van der Waals surface area contributed by atoms with E-state index in [0.717, 1.165) is 22.7 Å². The van der Waals surface area contributed by atoms with Crippen molar-refractivity contribution in [2.75, 3.05) is 10.8 Å². The van der Waals surface area contributed by atoms with Crippen molar-refractivity contribution in [2.45, 2.75) is 44.6 Å². The summed E-state index contributed by atoms with van der Waals surface area (Å²) >= 11 is 6.27. The average Bonchev–Trinajstić information content (AvgIpc) is 2.79. The van der Waals surface area contributed by atoms with E-state index in [4.69, 9.17) is 11.6 Å². The second-order valence-electron chi connectivity index (χ2n) is 8.20. The molecule has 0 aliphatic heterocycles. The fourth-order valence-corrected chi connectivity index (χ4v) is 5.20. The van der Waals surface area contributed by atoms with Crippen LogP contribution >= 0.6 is 11.6 Å². The van der Waals surface area contributed by atoms with Gasteiger partial charge in [-0.05, 0) is 69.0 Å². The molecule has 0 saturated carbocycles. The van der Waals surface area contributed by atoms with Crippen molar-refractivity contribution in [3.8, 4) is 0 Å². The largest absolute Gasteiger partial charge is 0.352 e. The number of sulfonamides is 1. The predicted molar refractivity (Wildman–Crippen MR) is 134 cm³/mol. The number of hydrogen-bond acceptors (Lipinski definition) is 3. The number of rotatable bonds is 9. The van der Waals surface area contributed by atoms with Crippen LogP contribution in [0.1, 0.15) is 30.0 Å². The molecule has 1 atom stereocenters. The summed E-state index contributed by atoms with van der Waals surface area (Å²) in [6, 6.07) is 21.6. The molecule has 33 heavy (non-hydrogen) atoms. The maximum Gasteiger partial charge on any atom is 0.264 e. The Hall–Kier alpha value is -2.83. The van der Waals surface area contributed by atoms with Crippen LogP contribution in [0, 0.1) is 13.8 Å². The molecule has 3 rings (SSSR count). The van der Waals surface area contributed by atoms with Gasteiger partial charge in [0.05, 0.1) is 10.6 Å². The number of nitrogens with one attached hydrogen (secondary N) is 1. The Morgan fingerprint density at radius 2 is 1.64 bits per heavy atom. The zero-order chi connectivity index (χ0) is 24.0. The van der Waals surface area contributed by atoms with E-state index in [9.17, 15) is 13.2 Å². The topological polar surface area (TPSA) is 66.5 Å². The molecule has 3 aromatic carbocycles. The molecule has 174 valence electrons. The van der Waals surface area contributed by atoms with Crippen LogP contribution in [0.4, 0.5) is 5.69 Å². The molecule has 0 heterocycles. The van der Waals surface area contributed by atoms with Crippen LogP contribution in [0.15, 0.2) is 77.7 Å². The minimum absolute atomic E-state index is 0.109. The summed E-state index contributed by atoms with van der Waals surface area (Å²) in [6.07, 6.45) is 1.57. The average molecular weight is 485 g/mol. The number of carbonyl (C=O) groups is 1. The molecule has 0 aliphatic rings. The number of anilines is 1. The van der Waals surface area contributed by atoms with Gasteiger partial charge in [-0.15, -0.1) is 0 Å². The molecular formula is C26H29ClN2O3S. The molecule has 7 heteroatoms. The van der Waals surface area contributed by atoms with Crippen molar-refractivity contribution in [2.24, 2.45) is 0 Å². The minimum Gasteiger partial charge on any atom is -0.352 e. The zero-order valence-electron chi connectivity index (χ0n) is 19.1. The van der Waals surface area contributed by atoms with Crippen molar-refractivity contribution >= 4 is 33.2 Å². The molecule has 0 unspecified atom stereocenters. The Morgan fingerprint density at radius 3 is 2.30 bits per heavy atom. The van der Waals surface area contributed by atoms with E-state index >= 15 is 0 Å². The molecule has 0 fully saturated rings. The number of carbonyl (C=O) groups excluding carboxylic acids is 1. The van der Waals surface area contributed by atoms with Crippen molar-refractivity contribution < 1.29 is 13.2 Å². The summed E-state index contributed by atoms with van der Waals surface area (Å²) < 4.78 is 28.2. The van der Waals surface area contributed by atoms with Crippen molar-refractivity contribution in [1.82, 2.24) is 5.32 Å². The van der Waals surface area contributed by atoms with Crippen LogP contribution in [-0.4, -0.2) is 26.9 Å². The van der Waals surface area contributed by atoms with Crippen molar-refractivity contribution in [3.63, 3.8) is 0 Å². The van der Waals surface area contributed by atoms with Crippen LogP contribution in [0.3, 0.4) is 0 Å². The zero-order valence-corrected chi connectivity index (χ0v) is 20.7. The molecule has 1 N–H and O–H groups in total. The molecule has 0 aliphatic carbocycles. The Bertz CT molecular complexity index is 1200. The van der Waals surface area contributed by atoms with Gasteiger partial charge in [0.2, 0.25) is 5.91 Å². The van der Waals surface area contributed by atoms with Gasteiger partial charge in [-0.3, -0.25) is 9.10 Å². The van der Waals surface area contributed by atoms with Gasteiger partial charge in [-0.2, -0.15) is 0 Å². The standard InChI is InChI=1S/C26H29ClN2O3S/c1-19-12-16-23(17-13-19)33(31,32)29(25-11-7-10-24(27)21(25)3)18-26(30)28-20(2)14-15-22-8-5-4-6-9-22/h4-13,16-17,20H,14-15,18H2,1-3H3,(H,28,30)/t20-/m0/s1. The van der Waals surface area contributed by atoms with Gasteiger partial charge in [-0.25, -0.2) is 8.42 Å². The second kappa shape index (κ2) is 10.9. The SMILES string of the molecule is Cc1ccc(S(=O)(=O)N(CC(=O)N[C@@H](C)CCc2ccccc2)c2cccc(Cl)c2C)cc1. The smallest absolute Gasteiger partial charge is 0.264 e. The summed E-state index contributed by atoms with van der Waals surface area (Å²) in [5.41, 5.74) is 3.12. The molecule has 0 radical (unpaired) electrons. The summed E-state index contributed by atoms with van der Waals surface area (Å²) in [5.74, 6) is -0.370. The van der Waals surface area contributed by atoms with Gasteiger partial charge in [0, 0.05) is 11.1 Å². The van der Waals surface area contributed by atoms with Crippen LogP contribution in [0.5, 0.6) is 0 Å². The lowest BCUT2D eigenvalue weighted by Crippen LogP contribution is -2.44. The minimum atomic E-state index is -3.98. The van der Waals surface area contributed by atoms with Gasteiger partial charge < -0.3 is 5.32 Å². The summed E-state index contributed by atoms with van der Waals surface area (Å²) in [7, 11) is -3.98. The summed E-state index contributed by atoms with van der Waals surface area (Å²) in [5, 5.41) is 3.38. The lowest BCUT2D eigenvalue weighted by Gasteiger charge is -2.26. The number of halogens is 1. The molecule has 0 bridgehead atoms. The Kier molecular flexibility index (Phi) is 8.16. The van der Waals surface area contributed by atoms with Gasteiger partial charge in [-0.1, -0.05) is 65.7 Å². The predicted octanol–water partition coefficient (Wildman–Crippen LogP) is 5.29. The Labute approximate surface area is 201 Å². The number of aryl methyl sites for hydroxylation is 2. The molecule has 5 nitrogen and oxygen atoms in total. The van der Waals surface area contributed by atoms with E-state index in [1.807, 2.05) is 44.2 Å². The first-order chi connectivity index (χ1) is 15.7. The second-order valence-corrected chi connectivity index (χ2v) is 10.5. The Balaban J connectivity index is 1.81. The first-order valence-electron chi connectivity index (χ1n) is 10.9. The van der Waals surface area contributed by atoms with Gasteiger partial charge in [0.25, 0.3) is 10.0 Å². The molecule has 1 amide bonds. The molecule has 0 saturated heterocycles. The first kappa shape index (κ1) is 24.8. The number of hydrogen-bond donors (Lipinski definition) is 1. The summed E-state index contributed by atoms with van der Waals surface area (Å²) in [4.78, 5) is 13.0. The van der Waals surface area contributed by atoms with E-state index in [2.05, 4.69) is 5.32 Å². The quantitative estimate of drug-likeness (QED) is 0.448. The van der Waals surface area contributed by atoms with E-state index in [1.54, 1.807) is 49.4 Å². The van der Waals surface area contributed by atoms with Gasteiger partial charge in [0.1, 0.15) is 6.54 Å². The van der Waals surface area contributed by atoms with Crippen LogP contribution in [0.2, 0.25) is 5.02 Å². The lowest BCUT2D eigenvalue weighted by atomic mass is 10.1. The van der Waals surface area contributed by atoms with E-state index < -0.39 is 10.0 Å². The van der Waals surface area contributed by atoms with E-state index in [-0.39, 0.29) is 23.4 Å². The number of benzene rings is 3. The fourth-order valence-electron chi connectivity index (χ4n) is 3.55. The monoisotopic (exact) mass is 484 g/mol. The molecule has 0 spiro atoms. The van der Waals surface area contributed by atoms with E-state index in [0.29, 0.717) is 16.3 Å². The van der Waals surface area contributed by atoms with Crippen molar-refractivity contribution in [1.29, 1.82) is 0 Å². The maximum absolute atomic E-state index is 13.5. The van der Waals surface area contributed by atoms with Crippen LogP contribution in [0.25, 0.3) is 0 Å². The third-order valence-electron chi connectivity index (χ3n) is 5.52. The highest BCUT2D eigenvalue weighted by Crippen LogP contribution is 2.30. The number of amides is 1.